The molecular weight excluding hydrogens is 382 g/mol. The average molecular weight is 418 g/mol. The first-order chi connectivity index (χ1) is 13.7. The van der Waals surface area contributed by atoms with Gasteiger partial charge in [0.15, 0.2) is 6.29 Å². The molecule has 2 amide bonds. The highest BCUT2D eigenvalue weighted by Crippen LogP contribution is 2.30. The fourth-order valence-electron chi connectivity index (χ4n) is 4.03. The first-order valence-electron chi connectivity index (χ1n) is 9.92. The van der Waals surface area contributed by atoms with Gasteiger partial charge in [-0.1, -0.05) is 0 Å². The molecule has 0 spiro atoms. The molecule has 1 heterocycles. The number of amides is 2. The van der Waals surface area contributed by atoms with Crippen molar-refractivity contribution in [3.63, 3.8) is 0 Å². The molecule has 29 heavy (non-hydrogen) atoms. The van der Waals surface area contributed by atoms with Crippen molar-refractivity contribution in [2.75, 3.05) is 20.7 Å². The average Bonchev–Trinajstić information content (AvgIpc) is 2.69. The highest BCUT2D eigenvalue weighted by Gasteiger charge is 2.48. The van der Waals surface area contributed by atoms with E-state index in [4.69, 9.17) is 31.4 Å². The Morgan fingerprint density at radius 2 is 2.07 bits per heavy atom. The van der Waals surface area contributed by atoms with Gasteiger partial charge >= 0.3 is 0 Å². The van der Waals surface area contributed by atoms with Crippen molar-refractivity contribution in [2.45, 2.75) is 81.1 Å². The van der Waals surface area contributed by atoms with Gasteiger partial charge in [0.25, 0.3) is 0 Å². The van der Waals surface area contributed by atoms with Crippen molar-refractivity contribution >= 4 is 12.3 Å². The fraction of sp³-hybridized carbons (Fsp3) is 0.889. The molecule has 168 valence electrons. The Morgan fingerprint density at radius 1 is 1.38 bits per heavy atom. The van der Waals surface area contributed by atoms with Crippen molar-refractivity contribution in [2.24, 2.45) is 17.2 Å². The van der Waals surface area contributed by atoms with Gasteiger partial charge in [-0.05, 0) is 26.2 Å². The first-order valence-corrected chi connectivity index (χ1v) is 9.92. The summed E-state index contributed by atoms with van der Waals surface area (Å²) in [6, 6.07) is -1.82. The van der Waals surface area contributed by atoms with Crippen molar-refractivity contribution in [3.05, 3.63) is 0 Å². The first kappa shape index (κ1) is 23.9. The lowest BCUT2D eigenvalue weighted by Gasteiger charge is -2.48. The topological polar surface area (TPSA) is 175 Å². The number of carbonyl (C=O) groups is 2. The number of rotatable bonds is 8. The van der Waals surface area contributed by atoms with Gasteiger partial charge in [-0.15, -0.1) is 0 Å². The Hall–Kier alpha value is -1.34. The number of hydrogen-bond donors (Lipinski definition) is 5. The lowest BCUT2D eigenvalue weighted by Crippen LogP contribution is -2.67. The lowest BCUT2D eigenvalue weighted by molar-refractivity contribution is -0.257. The second-order valence-electron chi connectivity index (χ2n) is 7.90. The molecule has 2 rings (SSSR count). The second kappa shape index (κ2) is 10.6. The third kappa shape index (κ3) is 5.63. The standard InChI is InChI=1S/C18H35N5O6/c1-9(19)12-5-4-10(20)18(28-12)29-17-11(21)6-13(27-3)15(16(17)26)23(2)14(25)7-22-8-24/h8-13,15-18,26H,4-7,19-21H2,1-3H3,(H,22,24)/t9-,10?,11?,12?,13?,15?,16?,17?,18?/m0/s1. The second-order valence-corrected chi connectivity index (χ2v) is 7.90. The summed E-state index contributed by atoms with van der Waals surface area (Å²) in [6.45, 7) is 1.66. The molecule has 11 heteroatoms. The maximum atomic E-state index is 12.4. The molecule has 1 saturated heterocycles. The van der Waals surface area contributed by atoms with E-state index < -0.39 is 36.7 Å². The Balaban J connectivity index is 2.14. The van der Waals surface area contributed by atoms with Crippen LogP contribution in [0.5, 0.6) is 0 Å². The van der Waals surface area contributed by atoms with E-state index in [2.05, 4.69) is 5.32 Å². The predicted molar refractivity (Wildman–Crippen MR) is 104 cm³/mol. The molecule has 8 unspecified atom stereocenters. The van der Waals surface area contributed by atoms with E-state index in [-0.39, 0.29) is 30.6 Å². The Kier molecular flexibility index (Phi) is 8.76. The largest absolute Gasteiger partial charge is 0.388 e. The minimum Gasteiger partial charge on any atom is -0.388 e. The summed E-state index contributed by atoms with van der Waals surface area (Å²) < 4.78 is 17.4. The summed E-state index contributed by atoms with van der Waals surface area (Å²) in [7, 11) is 3.03. The molecule has 1 aliphatic carbocycles. The van der Waals surface area contributed by atoms with Crippen LogP contribution in [0.15, 0.2) is 0 Å². The molecule has 9 atom stereocenters. The number of likely N-dealkylation sites (N-methyl/N-ethyl adjacent to an activating group) is 1. The van der Waals surface area contributed by atoms with Crippen LogP contribution in [0.4, 0.5) is 0 Å². The summed E-state index contributed by atoms with van der Waals surface area (Å²) >= 11 is 0. The molecular formula is C18H35N5O6. The summed E-state index contributed by atoms with van der Waals surface area (Å²) in [4.78, 5) is 24.2. The van der Waals surface area contributed by atoms with Crippen LogP contribution in [0, 0.1) is 0 Å². The van der Waals surface area contributed by atoms with Gasteiger partial charge in [0.1, 0.15) is 12.2 Å². The van der Waals surface area contributed by atoms with Gasteiger partial charge in [-0.25, -0.2) is 0 Å². The number of aliphatic hydroxyl groups is 1. The van der Waals surface area contributed by atoms with Crippen LogP contribution in [-0.2, 0) is 23.8 Å². The van der Waals surface area contributed by atoms with Crippen molar-refractivity contribution in [3.8, 4) is 0 Å². The fourth-order valence-corrected chi connectivity index (χ4v) is 4.03. The number of ether oxygens (including phenoxy) is 3. The zero-order chi connectivity index (χ0) is 21.7. The van der Waals surface area contributed by atoms with Gasteiger partial charge in [-0.3, -0.25) is 9.59 Å². The molecule has 0 aromatic heterocycles. The van der Waals surface area contributed by atoms with E-state index in [0.717, 1.165) is 6.42 Å². The molecule has 0 aromatic carbocycles. The highest BCUT2D eigenvalue weighted by molar-refractivity contribution is 5.80. The normalized spacial score (nSPS) is 38.9. The highest BCUT2D eigenvalue weighted by atomic mass is 16.7. The van der Waals surface area contributed by atoms with E-state index in [1.807, 2.05) is 6.92 Å². The van der Waals surface area contributed by atoms with Gasteiger partial charge in [-0.2, -0.15) is 0 Å². The third-order valence-electron chi connectivity index (χ3n) is 5.79. The Bertz CT molecular complexity index is 553. The van der Waals surface area contributed by atoms with Crippen LogP contribution in [0.3, 0.4) is 0 Å². The zero-order valence-corrected chi connectivity index (χ0v) is 17.3. The minimum atomic E-state index is -1.14. The van der Waals surface area contributed by atoms with Gasteiger partial charge in [0, 0.05) is 26.2 Å². The zero-order valence-electron chi connectivity index (χ0n) is 17.3. The summed E-state index contributed by atoms with van der Waals surface area (Å²) in [5, 5.41) is 13.4. The van der Waals surface area contributed by atoms with Crippen LogP contribution < -0.4 is 22.5 Å². The van der Waals surface area contributed by atoms with Crippen LogP contribution in [0.1, 0.15) is 26.2 Å². The SMILES string of the molecule is COC1CC(N)C(OC2OC([C@H](C)N)CCC2N)C(O)C1N(C)C(=O)CNC=O. The lowest BCUT2D eigenvalue weighted by atomic mass is 9.83. The van der Waals surface area contributed by atoms with Crippen molar-refractivity contribution in [1.29, 1.82) is 0 Å². The molecule has 1 saturated carbocycles. The summed E-state index contributed by atoms with van der Waals surface area (Å²) in [5.41, 5.74) is 18.4. The van der Waals surface area contributed by atoms with Gasteiger partial charge < -0.3 is 46.7 Å². The number of hydrogen-bond acceptors (Lipinski definition) is 9. The Labute approximate surface area is 171 Å². The van der Waals surface area contributed by atoms with E-state index in [9.17, 15) is 14.7 Å². The summed E-state index contributed by atoms with van der Waals surface area (Å²) in [6.07, 6.45) is -1.20. The molecule has 0 bridgehead atoms. The maximum Gasteiger partial charge on any atom is 0.242 e. The summed E-state index contributed by atoms with van der Waals surface area (Å²) in [5.74, 6) is -0.375. The Morgan fingerprint density at radius 3 is 2.66 bits per heavy atom. The van der Waals surface area contributed by atoms with Crippen LogP contribution in [-0.4, -0.2) is 97.9 Å². The van der Waals surface area contributed by atoms with Crippen LogP contribution in [0.2, 0.25) is 0 Å². The minimum absolute atomic E-state index is 0.182. The number of carbonyl (C=O) groups excluding carboxylic acids is 2. The van der Waals surface area contributed by atoms with Crippen molar-refractivity contribution < 1.29 is 28.9 Å². The molecule has 0 radical (unpaired) electrons. The molecule has 8 N–H and O–H groups in total. The molecule has 2 aliphatic rings. The van der Waals surface area contributed by atoms with Gasteiger partial charge in [0.05, 0.1) is 30.8 Å². The van der Waals surface area contributed by atoms with E-state index >= 15 is 0 Å². The van der Waals surface area contributed by atoms with Gasteiger partial charge in [0.2, 0.25) is 12.3 Å². The predicted octanol–water partition coefficient (Wildman–Crippen LogP) is -2.77. The maximum absolute atomic E-state index is 12.4. The van der Waals surface area contributed by atoms with E-state index in [0.29, 0.717) is 19.3 Å². The van der Waals surface area contributed by atoms with E-state index in [1.54, 1.807) is 0 Å². The number of nitrogens with two attached hydrogens (primary N) is 3. The monoisotopic (exact) mass is 417 g/mol. The molecule has 1 aliphatic heterocycles. The number of aliphatic hydroxyl groups excluding tert-OH is 1. The third-order valence-corrected chi connectivity index (χ3v) is 5.79. The quantitative estimate of drug-likeness (QED) is 0.262. The van der Waals surface area contributed by atoms with Crippen LogP contribution in [0.25, 0.3) is 0 Å². The number of methoxy groups -OCH3 is 1. The molecule has 2 fully saturated rings. The van der Waals surface area contributed by atoms with Crippen molar-refractivity contribution in [1.82, 2.24) is 10.2 Å². The smallest absolute Gasteiger partial charge is 0.242 e. The molecule has 11 nitrogen and oxygen atoms in total. The van der Waals surface area contributed by atoms with E-state index in [1.165, 1.54) is 19.1 Å². The number of nitrogens with one attached hydrogen (secondary N) is 1. The number of nitrogens with zero attached hydrogens (tertiary/aromatic N) is 1. The molecule has 0 aromatic rings. The van der Waals surface area contributed by atoms with Crippen LogP contribution >= 0.6 is 0 Å².